The van der Waals surface area contributed by atoms with Crippen LogP contribution in [0.1, 0.15) is 18.4 Å². The second-order valence-electron chi connectivity index (χ2n) is 4.71. The number of aromatic hydroxyl groups is 1. The number of aliphatic carboxylic acids is 1. The Balaban J connectivity index is 2.20. The van der Waals surface area contributed by atoms with Crippen LogP contribution in [-0.4, -0.2) is 29.3 Å². The second kappa shape index (κ2) is 4.75. The zero-order chi connectivity index (χ0) is 12.3. The van der Waals surface area contributed by atoms with Crippen molar-refractivity contribution < 1.29 is 15.0 Å². The molecule has 0 spiro atoms. The van der Waals surface area contributed by atoms with Crippen LogP contribution in [0.25, 0.3) is 0 Å². The van der Waals surface area contributed by atoms with Gasteiger partial charge in [-0.15, -0.1) is 0 Å². The molecular weight excluding hydrogens is 218 g/mol. The van der Waals surface area contributed by atoms with Crippen molar-refractivity contribution in [2.24, 2.45) is 5.41 Å². The lowest BCUT2D eigenvalue weighted by molar-refractivity contribution is -0.150. The summed E-state index contributed by atoms with van der Waals surface area (Å²) in [6, 6.07) is 6.84. The van der Waals surface area contributed by atoms with E-state index in [-0.39, 0.29) is 5.75 Å². The molecule has 1 heterocycles. The smallest absolute Gasteiger partial charge is 0.311 e. The monoisotopic (exact) mass is 235 g/mol. The van der Waals surface area contributed by atoms with E-state index >= 15 is 0 Å². The molecule has 0 aliphatic carbocycles. The molecule has 0 saturated carbocycles. The Morgan fingerprint density at radius 1 is 1.47 bits per heavy atom. The molecule has 1 atom stereocenters. The number of phenolic OH excluding ortho intramolecular Hbond substituents is 1. The summed E-state index contributed by atoms with van der Waals surface area (Å²) in [7, 11) is 0. The Morgan fingerprint density at radius 2 is 2.29 bits per heavy atom. The van der Waals surface area contributed by atoms with Gasteiger partial charge >= 0.3 is 5.97 Å². The van der Waals surface area contributed by atoms with Gasteiger partial charge in [0.2, 0.25) is 0 Å². The Bertz CT molecular complexity index is 411. The van der Waals surface area contributed by atoms with E-state index in [1.807, 2.05) is 6.07 Å². The van der Waals surface area contributed by atoms with E-state index < -0.39 is 11.4 Å². The van der Waals surface area contributed by atoms with Crippen LogP contribution in [-0.2, 0) is 11.2 Å². The van der Waals surface area contributed by atoms with E-state index in [4.69, 9.17) is 0 Å². The average Bonchev–Trinajstić information content (AvgIpc) is 2.30. The van der Waals surface area contributed by atoms with Gasteiger partial charge in [-0.25, -0.2) is 0 Å². The van der Waals surface area contributed by atoms with Crippen molar-refractivity contribution in [1.82, 2.24) is 5.32 Å². The van der Waals surface area contributed by atoms with Crippen molar-refractivity contribution >= 4 is 5.97 Å². The molecule has 2 rings (SSSR count). The van der Waals surface area contributed by atoms with Gasteiger partial charge in [-0.2, -0.15) is 0 Å². The summed E-state index contributed by atoms with van der Waals surface area (Å²) in [5.41, 5.74) is 0.141. The minimum Gasteiger partial charge on any atom is -0.508 e. The van der Waals surface area contributed by atoms with Crippen LogP contribution in [0.5, 0.6) is 5.75 Å². The minimum atomic E-state index is -0.756. The van der Waals surface area contributed by atoms with Crippen molar-refractivity contribution in [3.63, 3.8) is 0 Å². The van der Waals surface area contributed by atoms with Gasteiger partial charge in [-0.1, -0.05) is 12.1 Å². The maximum Gasteiger partial charge on any atom is 0.311 e. The number of piperidine rings is 1. The normalized spacial score (nSPS) is 24.5. The van der Waals surface area contributed by atoms with Crippen LogP contribution in [0, 0.1) is 5.41 Å². The van der Waals surface area contributed by atoms with Crippen molar-refractivity contribution in [1.29, 1.82) is 0 Å². The molecule has 0 radical (unpaired) electrons. The van der Waals surface area contributed by atoms with E-state index in [0.717, 1.165) is 18.5 Å². The van der Waals surface area contributed by atoms with Gasteiger partial charge in [0.1, 0.15) is 5.75 Å². The molecule has 17 heavy (non-hydrogen) atoms. The molecule has 4 nitrogen and oxygen atoms in total. The quantitative estimate of drug-likeness (QED) is 0.740. The fourth-order valence-corrected chi connectivity index (χ4v) is 2.43. The highest BCUT2D eigenvalue weighted by Crippen LogP contribution is 2.31. The summed E-state index contributed by atoms with van der Waals surface area (Å²) in [5, 5.41) is 22.0. The number of carbonyl (C=O) groups is 1. The van der Waals surface area contributed by atoms with Crippen molar-refractivity contribution in [2.75, 3.05) is 13.1 Å². The molecule has 0 aromatic heterocycles. The van der Waals surface area contributed by atoms with Gasteiger partial charge in [-0.3, -0.25) is 4.79 Å². The molecule has 1 unspecified atom stereocenters. The highest BCUT2D eigenvalue weighted by Gasteiger charge is 2.39. The Morgan fingerprint density at radius 3 is 2.88 bits per heavy atom. The highest BCUT2D eigenvalue weighted by atomic mass is 16.4. The van der Waals surface area contributed by atoms with E-state index in [2.05, 4.69) is 5.32 Å². The van der Waals surface area contributed by atoms with Gasteiger partial charge in [0, 0.05) is 6.54 Å². The van der Waals surface area contributed by atoms with Crippen molar-refractivity contribution in [3.8, 4) is 5.75 Å². The molecule has 1 saturated heterocycles. The Labute approximate surface area is 100 Å². The van der Waals surface area contributed by atoms with Gasteiger partial charge in [0.15, 0.2) is 0 Å². The number of phenols is 1. The van der Waals surface area contributed by atoms with Gasteiger partial charge < -0.3 is 15.5 Å². The summed E-state index contributed by atoms with van der Waals surface area (Å²) >= 11 is 0. The second-order valence-corrected chi connectivity index (χ2v) is 4.71. The lowest BCUT2D eigenvalue weighted by atomic mass is 9.76. The van der Waals surface area contributed by atoms with Crippen LogP contribution in [0.2, 0.25) is 0 Å². The fraction of sp³-hybridized carbons (Fsp3) is 0.462. The predicted octanol–water partition coefficient (Wildman–Crippen LogP) is 1.39. The summed E-state index contributed by atoms with van der Waals surface area (Å²) in [6.07, 6.45) is 2.03. The first-order valence-electron chi connectivity index (χ1n) is 5.84. The van der Waals surface area contributed by atoms with Crippen LogP contribution in [0.4, 0.5) is 0 Å². The zero-order valence-electron chi connectivity index (χ0n) is 9.65. The van der Waals surface area contributed by atoms with Crippen molar-refractivity contribution in [2.45, 2.75) is 19.3 Å². The SMILES string of the molecule is O=C(O)C1(Cc2cccc(O)c2)CCCNC1. The third-order valence-corrected chi connectivity index (χ3v) is 3.38. The number of rotatable bonds is 3. The molecule has 1 aliphatic heterocycles. The zero-order valence-corrected chi connectivity index (χ0v) is 9.65. The standard InChI is InChI=1S/C13H17NO3/c15-11-4-1-3-10(7-11)8-13(12(16)17)5-2-6-14-9-13/h1,3-4,7,14-15H,2,5-6,8-9H2,(H,16,17). The number of hydrogen-bond donors (Lipinski definition) is 3. The summed E-state index contributed by atoms with van der Waals surface area (Å²) < 4.78 is 0. The van der Waals surface area contributed by atoms with E-state index in [1.54, 1.807) is 18.2 Å². The maximum atomic E-state index is 11.5. The molecule has 1 aromatic rings. The van der Waals surface area contributed by atoms with Crippen LogP contribution in [0.15, 0.2) is 24.3 Å². The minimum absolute atomic E-state index is 0.187. The topological polar surface area (TPSA) is 69.6 Å². The average molecular weight is 235 g/mol. The molecule has 1 aliphatic rings. The predicted molar refractivity (Wildman–Crippen MR) is 64.0 cm³/mol. The molecular formula is C13H17NO3. The summed E-state index contributed by atoms with van der Waals surface area (Å²) in [6.45, 7) is 1.38. The first kappa shape index (κ1) is 11.9. The fourth-order valence-electron chi connectivity index (χ4n) is 2.43. The Kier molecular flexibility index (Phi) is 3.33. The summed E-state index contributed by atoms with van der Waals surface area (Å²) in [5.74, 6) is -0.570. The number of carboxylic acids is 1. The van der Waals surface area contributed by atoms with Crippen LogP contribution < -0.4 is 5.32 Å². The van der Waals surface area contributed by atoms with Crippen LogP contribution >= 0.6 is 0 Å². The number of hydrogen-bond acceptors (Lipinski definition) is 3. The molecule has 3 N–H and O–H groups in total. The first-order chi connectivity index (χ1) is 8.12. The largest absolute Gasteiger partial charge is 0.508 e. The lowest BCUT2D eigenvalue weighted by Crippen LogP contribution is -2.46. The number of carboxylic acid groups (broad SMARTS) is 1. The number of nitrogens with one attached hydrogen (secondary N) is 1. The first-order valence-corrected chi connectivity index (χ1v) is 5.84. The molecule has 1 fully saturated rings. The van der Waals surface area contributed by atoms with E-state index in [1.165, 1.54) is 0 Å². The highest BCUT2D eigenvalue weighted by molar-refractivity contribution is 5.75. The molecule has 0 bridgehead atoms. The number of benzene rings is 1. The van der Waals surface area contributed by atoms with E-state index in [9.17, 15) is 15.0 Å². The third kappa shape index (κ3) is 2.58. The molecule has 92 valence electrons. The van der Waals surface area contributed by atoms with Crippen LogP contribution in [0.3, 0.4) is 0 Å². The Hall–Kier alpha value is -1.55. The van der Waals surface area contributed by atoms with Gasteiger partial charge in [0.05, 0.1) is 5.41 Å². The van der Waals surface area contributed by atoms with Gasteiger partial charge in [-0.05, 0) is 43.5 Å². The summed E-state index contributed by atoms with van der Waals surface area (Å²) in [4.78, 5) is 11.5. The molecule has 4 heteroatoms. The maximum absolute atomic E-state index is 11.5. The third-order valence-electron chi connectivity index (χ3n) is 3.38. The lowest BCUT2D eigenvalue weighted by Gasteiger charge is -2.33. The van der Waals surface area contributed by atoms with Crippen molar-refractivity contribution in [3.05, 3.63) is 29.8 Å². The van der Waals surface area contributed by atoms with Gasteiger partial charge in [0.25, 0.3) is 0 Å². The molecule has 1 aromatic carbocycles. The van der Waals surface area contributed by atoms with E-state index in [0.29, 0.717) is 19.4 Å². The molecule has 0 amide bonds.